The van der Waals surface area contributed by atoms with Crippen LogP contribution < -0.4 is 24.3 Å². The lowest BCUT2D eigenvalue weighted by Crippen LogP contribution is -2.24. The highest BCUT2D eigenvalue weighted by Crippen LogP contribution is 2.46. The number of nitro benzene ring substituents is 1. The summed E-state index contributed by atoms with van der Waals surface area (Å²) in [4.78, 5) is 23.4. The van der Waals surface area contributed by atoms with Crippen molar-refractivity contribution in [2.75, 3.05) is 21.3 Å². The quantitative estimate of drug-likeness (QED) is 0.498. The molecule has 0 aromatic heterocycles. The number of methoxy groups -OCH3 is 3. The zero-order valence-electron chi connectivity index (χ0n) is 15.7. The predicted molar refractivity (Wildman–Crippen MR) is 97.0 cm³/mol. The van der Waals surface area contributed by atoms with Gasteiger partial charge >= 0.3 is 12.3 Å². The van der Waals surface area contributed by atoms with Gasteiger partial charge in [0.2, 0.25) is 11.5 Å². The Morgan fingerprint density at radius 3 is 2.38 bits per heavy atom. The molecule has 2 aromatic carbocycles. The summed E-state index contributed by atoms with van der Waals surface area (Å²) in [5.41, 5.74) is -0.464. The molecule has 2 rings (SSSR count). The molecule has 0 saturated heterocycles. The van der Waals surface area contributed by atoms with Crippen LogP contribution in [0.1, 0.15) is 15.9 Å². The van der Waals surface area contributed by atoms with E-state index in [4.69, 9.17) is 14.2 Å². The number of rotatable bonds is 9. The molecular weight excluding hydrogens is 394 g/mol. The summed E-state index contributed by atoms with van der Waals surface area (Å²) in [7, 11) is 3.78. The molecule has 0 spiro atoms. The standard InChI is InChI=1S/C18H18F2N2O7/c1-26-13-8-12(14(22(24)25)16(28-3)15(13)27-2)17(23)21-9-10-5-4-6-11(7-10)29-18(19)20/h4-8,18H,9H2,1-3H3,(H,21,23). The number of nitrogens with zero attached hydrogens (tertiary/aromatic N) is 1. The van der Waals surface area contributed by atoms with Gasteiger partial charge in [0.25, 0.3) is 5.91 Å². The number of benzene rings is 2. The van der Waals surface area contributed by atoms with E-state index in [9.17, 15) is 23.7 Å². The van der Waals surface area contributed by atoms with E-state index < -0.39 is 23.1 Å². The van der Waals surface area contributed by atoms with Crippen molar-refractivity contribution in [3.05, 3.63) is 51.6 Å². The van der Waals surface area contributed by atoms with Gasteiger partial charge in [-0.15, -0.1) is 0 Å². The molecule has 0 fully saturated rings. The lowest BCUT2D eigenvalue weighted by atomic mass is 10.1. The Morgan fingerprint density at radius 1 is 1.14 bits per heavy atom. The van der Waals surface area contributed by atoms with E-state index in [-0.39, 0.29) is 35.1 Å². The molecule has 156 valence electrons. The fourth-order valence-electron chi connectivity index (χ4n) is 2.60. The molecule has 0 aliphatic heterocycles. The monoisotopic (exact) mass is 412 g/mol. The number of alkyl halides is 2. The fraction of sp³-hybridized carbons (Fsp3) is 0.278. The number of ether oxygens (including phenoxy) is 4. The van der Waals surface area contributed by atoms with Crippen LogP contribution in [0.4, 0.5) is 14.5 Å². The van der Waals surface area contributed by atoms with E-state index in [0.29, 0.717) is 5.56 Å². The topological polar surface area (TPSA) is 109 Å². The average molecular weight is 412 g/mol. The number of hydrogen-bond acceptors (Lipinski definition) is 7. The normalized spacial score (nSPS) is 10.4. The van der Waals surface area contributed by atoms with E-state index in [1.165, 1.54) is 39.5 Å². The fourth-order valence-corrected chi connectivity index (χ4v) is 2.60. The second-order valence-corrected chi connectivity index (χ2v) is 5.51. The van der Waals surface area contributed by atoms with Crippen LogP contribution in [0.5, 0.6) is 23.0 Å². The summed E-state index contributed by atoms with van der Waals surface area (Å²) < 4.78 is 44.2. The predicted octanol–water partition coefficient (Wildman–Crippen LogP) is 3.15. The van der Waals surface area contributed by atoms with E-state index >= 15 is 0 Å². The van der Waals surface area contributed by atoms with E-state index in [1.54, 1.807) is 6.07 Å². The Morgan fingerprint density at radius 2 is 1.83 bits per heavy atom. The first kappa shape index (κ1) is 21.7. The third kappa shape index (κ3) is 5.00. The Bertz CT molecular complexity index is 906. The van der Waals surface area contributed by atoms with Crippen LogP contribution >= 0.6 is 0 Å². The van der Waals surface area contributed by atoms with Crippen molar-refractivity contribution in [2.24, 2.45) is 0 Å². The van der Waals surface area contributed by atoms with Gasteiger partial charge in [-0.1, -0.05) is 12.1 Å². The van der Waals surface area contributed by atoms with Crippen molar-refractivity contribution in [1.29, 1.82) is 0 Å². The van der Waals surface area contributed by atoms with Crippen LogP contribution in [-0.4, -0.2) is 38.8 Å². The Labute approximate surface area is 164 Å². The second kappa shape index (κ2) is 9.53. The van der Waals surface area contributed by atoms with Crippen molar-refractivity contribution in [2.45, 2.75) is 13.2 Å². The van der Waals surface area contributed by atoms with Crippen LogP contribution in [0.3, 0.4) is 0 Å². The summed E-state index contributed by atoms with van der Waals surface area (Å²) in [5, 5.41) is 14.0. The van der Waals surface area contributed by atoms with Gasteiger partial charge in [0.1, 0.15) is 11.3 Å². The summed E-state index contributed by atoms with van der Waals surface area (Å²) in [5.74, 6) is -1.11. The van der Waals surface area contributed by atoms with Gasteiger partial charge in [0, 0.05) is 12.6 Å². The first-order valence-electron chi connectivity index (χ1n) is 8.11. The molecule has 0 heterocycles. The van der Waals surface area contributed by atoms with E-state index in [0.717, 1.165) is 6.07 Å². The number of nitro groups is 1. The Hall–Kier alpha value is -3.63. The molecular formula is C18H18F2N2O7. The molecule has 0 bridgehead atoms. The first-order chi connectivity index (χ1) is 13.8. The maximum Gasteiger partial charge on any atom is 0.387 e. The van der Waals surface area contributed by atoms with Gasteiger partial charge in [0.05, 0.1) is 26.3 Å². The van der Waals surface area contributed by atoms with Crippen molar-refractivity contribution >= 4 is 11.6 Å². The zero-order chi connectivity index (χ0) is 21.6. The summed E-state index contributed by atoms with van der Waals surface area (Å²) in [6, 6.07) is 6.85. The second-order valence-electron chi connectivity index (χ2n) is 5.51. The molecule has 1 amide bonds. The van der Waals surface area contributed by atoms with Crippen LogP contribution in [0.25, 0.3) is 0 Å². The molecule has 0 aliphatic rings. The van der Waals surface area contributed by atoms with Gasteiger partial charge in [-0.05, 0) is 17.7 Å². The smallest absolute Gasteiger partial charge is 0.387 e. The van der Waals surface area contributed by atoms with Gasteiger partial charge < -0.3 is 24.3 Å². The number of hydrogen-bond donors (Lipinski definition) is 1. The van der Waals surface area contributed by atoms with Crippen LogP contribution in [0.2, 0.25) is 0 Å². The van der Waals surface area contributed by atoms with Crippen LogP contribution in [-0.2, 0) is 6.54 Å². The number of carbonyl (C=O) groups is 1. The van der Waals surface area contributed by atoms with Crippen molar-refractivity contribution in [3.8, 4) is 23.0 Å². The van der Waals surface area contributed by atoms with Crippen LogP contribution in [0, 0.1) is 10.1 Å². The van der Waals surface area contributed by atoms with Gasteiger partial charge in [-0.2, -0.15) is 8.78 Å². The highest BCUT2D eigenvalue weighted by molar-refractivity contribution is 6.00. The summed E-state index contributed by atoms with van der Waals surface area (Å²) in [6.07, 6.45) is 0. The summed E-state index contributed by atoms with van der Waals surface area (Å²) in [6.45, 7) is -3.07. The number of amides is 1. The molecule has 2 aromatic rings. The molecule has 0 radical (unpaired) electrons. The third-order valence-electron chi connectivity index (χ3n) is 3.81. The molecule has 29 heavy (non-hydrogen) atoms. The maximum absolute atomic E-state index is 12.6. The minimum absolute atomic E-state index is 0.0323. The molecule has 0 atom stereocenters. The lowest BCUT2D eigenvalue weighted by Gasteiger charge is -2.15. The molecule has 0 saturated carbocycles. The van der Waals surface area contributed by atoms with Crippen LogP contribution in [0.15, 0.2) is 30.3 Å². The number of halogens is 2. The van der Waals surface area contributed by atoms with Crippen molar-refractivity contribution in [1.82, 2.24) is 5.32 Å². The molecule has 1 N–H and O–H groups in total. The molecule has 0 unspecified atom stereocenters. The van der Waals surface area contributed by atoms with Gasteiger partial charge in [-0.25, -0.2) is 0 Å². The largest absolute Gasteiger partial charge is 0.493 e. The minimum Gasteiger partial charge on any atom is -0.493 e. The maximum atomic E-state index is 12.6. The minimum atomic E-state index is -2.98. The Kier molecular flexibility index (Phi) is 7.12. The summed E-state index contributed by atoms with van der Waals surface area (Å²) >= 11 is 0. The highest BCUT2D eigenvalue weighted by Gasteiger charge is 2.32. The zero-order valence-corrected chi connectivity index (χ0v) is 15.7. The van der Waals surface area contributed by atoms with Crippen molar-refractivity contribution < 1.29 is 37.4 Å². The van der Waals surface area contributed by atoms with E-state index in [2.05, 4.69) is 10.1 Å². The number of nitrogens with one attached hydrogen (secondary N) is 1. The van der Waals surface area contributed by atoms with Gasteiger partial charge in [-0.3, -0.25) is 14.9 Å². The SMILES string of the molecule is COc1cc(C(=O)NCc2cccc(OC(F)F)c2)c([N+](=O)[O-])c(OC)c1OC. The molecule has 9 nitrogen and oxygen atoms in total. The molecule has 11 heteroatoms. The average Bonchev–Trinajstić information content (AvgIpc) is 2.69. The first-order valence-corrected chi connectivity index (χ1v) is 8.11. The molecule has 0 aliphatic carbocycles. The Balaban J connectivity index is 2.34. The van der Waals surface area contributed by atoms with Crippen molar-refractivity contribution in [3.63, 3.8) is 0 Å². The lowest BCUT2D eigenvalue weighted by molar-refractivity contribution is -0.386. The van der Waals surface area contributed by atoms with E-state index in [1.807, 2.05) is 0 Å². The third-order valence-corrected chi connectivity index (χ3v) is 3.81. The van der Waals surface area contributed by atoms with Gasteiger partial charge in [0.15, 0.2) is 5.75 Å². The number of carbonyl (C=O) groups excluding carboxylic acids is 1. The highest BCUT2D eigenvalue weighted by atomic mass is 19.3.